The molecule has 1 unspecified atom stereocenters. The van der Waals surface area contributed by atoms with Gasteiger partial charge in [0.1, 0.15) is 10.8 Å². The number of benzene rings is 1. The molecule has 6 heteroatoms. The summed E-state index contributed by atoms with van der Waals surface area (Å²) in [6.45, 7) is 8.17. The lowest BCUT2D eigenvalue weighted by atomic mass is 9.88. The van der Waals surface area contributed by atoms with Crippen LogP contribution < -0.4 is 4.90 Å². The molecule has 5 nitrogen and oxygen atoms in total. The van der Waals surface area contributed by atoms with Crippen LogP contribution in [-0.4, -0.2) is 37.5 Å². The molecule has 1 N–H and O–H groups in total. The summed E-state index contributed by atoms with van der Waals surface area (Å²) in [5.74, 6) is 0.466. The first-order valence-corrected chi connectivity index (χ1v) is 10.6. The molecule has 0 amide bonds. The first-order valence-electron chi connectivity index (χ1n) is 9.83. The number of aromatic hydroxyl groups is 1. The molecule has 1 aromatic carbocycles. The topological polar surface area (TPSA) is 62.1 Å². The number of thiophene rings is 1. The van der Waals surface area contributed by atoms with Crippen molar-refractivity contribution in [2.45, 2.75) is 40.0 Å². The molecule has 1 aromatic heterocycles. The molecule has 150 valence electrons. The highest BCUT2D eigenvalue weighted by Crippen LogP contribution is 2.41. The Kier molecular flexibility index (Phi) is 6.39. The first kappa shape index (κ1) is 20.4. The van der Waals surface area contributed by atoms with E-state index in [4.69, 9.17) is 4.74 Å². The van der Waals surface area contributed by atoms with Gasteiger partial charge in [0.2, 0.25) is 0 Å². The zero-order chi connectivity index (χ0) is 20.3. The van der Waals surface area contributed by atoms with Gasteiger partial charge in [0, 0.05) is 41.5 Å². The Morgan fingerprint density at radius 2 is 2.14 bits per heavy atom. The number of hydrogen-bond donors (Lipinski definition) is 1. The van der Waals surface area contributed by atoms with Crippen molar-refractivity contribution in [2.24, 2.45) is 10.9 Å². The van der Waals surface area contributed by atoms with Crippen LogP contribution in [0.25, 0.3) is 0 Å². The van der Waals surface area contributed by atoms with Crippen LogP contribution in [-0.2, 0) is 17.6 Å². The maximum atomic E-state index is 12.4. The fourth-order valence-electron chi connectivity index (χ4n) is 3.69. The Balaban J connectivity index is 1.93. The van der Waals surface area contributed by atoms with Crippen LogP contribution in [0.2, 0.25) is 0 Å². The molecular weight excluding hydrogens is 372 g/mol. The van der Waals surface area contributed by atoms with Crippen molar-refractivity contribution in [1.29, 1.82) is 0 Å². The molecule has 0 saturated heterocycles. The number of phenols is 1. The maximum Gasteiger partial charge on any atom is 0.341 e. The molecule has 0 radical (unpaired) electrons. The highest BCUT2D eigenvalue weighted by Gasteiger charge is 2.27. The van der Waals surface area contributed by atoms with E-state index in [2.05, 4.69) is 30.7 Å². The van der Waals surface area contributed by atoms with Crippen LogP contribution in [0, 0.1) is 5.92 Å². The van der Waals surface area contributed by atoms with Crippen LogP contribution in [0.4, 0.5) is 10.7 Å². The Hall–Kier alpha value is -2.34. The second-order valence-electron chi connectivity index (χ2n) is 7.20. The molecule has 1 aliphatic rings. The Morgan fingerprint density at radius 1 is 1.39 bits per heavy atom. The van der Waals surface area contributed by atoms with Crippen LogP contribution in [0.1, 0.15) is 53.6 Å². The number of ether oxygens (including phenoxy) is 1. The van der Waals surface area contributed by atoms with Gasteiger partial charge in [0.15, 0.2) is 0 Å². The first-order chi connectivity index (χ1) is 13.5. The lowest BCUT2D eigenvalue weighted by molar-refractivity contribution is 0.0600. The SMILES string of the molecule is CCN(CC)c1ccc(/C=N/c2sc3c(c2C(=O)OC)CCC(C)C3)c(O)c1. The summed E-state index contributed by atoms with van der Waals surface area (Å²) < 4.78 is 5.01. The third-order valence-electron chi connectivity index (χ3n) is 5.35. The molecule has 0 fully saturated rings. The molecule has 2 aromatic rings. The van der Waals surface area contributed by atoms with Gasteiger partial charge in [0.25, 0.3) is 0 Å². The summed E-state index contributed by atoms with van der Waals surface area (Å²) in [5, 5.41) is 11.1. The summed E-state index contributed by atoms with van der Waals surface area (Å²) in [5.41, 5.74) is 3.29. The molecule has 0 bridgehead atoms. The quantitative estimate of drug-likeness (QED) is 0.550. The number of esters is 1. The van der Waals surface area contributed by atoms with Gasteiger partial charge in [-0.3, -0.25) is 0 Å². The average Bonchev–Trinajstić information content (AvgIpc) is 3.05. The number of carbonyl (C=O) groups excluding carboxylic acids is 1. The summed E-state index contributed by atoms with van der Waals surface area (Å²) in [6.07, 6.45) is 4.57. The molecule has 28 heavy (non-hydrogen) atoms. The standard InChI is InChI=1S/C22H28N2O3S/c1-5-24(6-2)16-9-8-15(18(25)12-16)13-23-21-20(22(26)27-4)17-10-7-14(3)11-19(17)28-21/h8-9,12-14,25H,5-7,10-11H2,1-4H3/b23-13+. The fraction of sp³-hybridized carbons (Fsp3) is 0.455. The Bertz CT molecular complexity index is 884. The van der Waals surface area contributed by atoms with Gasteiger partial charge in [-0.2, -0.15) is 0 Å². The Labute approximate surface area is 170 Å². The molecule has 1 atom stereocenters. The zero-order valence-corrected chi connectivity index (χ0v) is 17.8. The number of rotatable bonds is 6. The van der Waals surface area contributed by atoms with E-state index >= 15 is 0 Å². The summed E-state index contributed by atoms with van der Waals surface area (Å²) in [7, 11) is 1.41. The van der Waals surface area contributed by atoms with Crippen LogP contribution in [0.3, 0.4) is 0 Å². The predicted molar refractivity (Wildman–Crippen MR) is 116 cm³/mol. The normalized spacial score (nSPS) is 16.2. The van der Waals surface area contributed by atoms with E-state index in [1.807, 2.05) is 12.1 Å². The fourth-order valence-corrected chi connectivity index (χ4v) is 5.04. The number of nitrogens with zero attached hydrogens (tertiary/aromatic N) is 2. The lowest BCUT2D eigenvalue weighted by Crippen LogP contribution is -2.21. The molecule has 0 aliphatic heterocycles. The van der Waals surface area contributed by atoms with E-state index in [1.165, 1.54) is 12.0 Å². The molecule has 0 saturated carbocycles. The number of anilines is 1. The van der Waals surface area contributed by atoms with E-state index in [1.54, 1.807) is 23.6 Å². The molecular formula is C22H28N2O3S. The van der Waals surface area contributed by atoms with Crippen LogP contribution in [0.15, 0.2) is 23.2 Å². The van der Waals surface area contributed by atoms with Crippen molar-refractivity contribution in [3.05, 3.63) is 39.8 Å². The van der Waals surface area contributed by atoms with E-state index in [9.17, 15) is 9.90 Å². The van der Waals surface area contributed by atoms with Crippen molar-refractivity contribution in [3.8, 4) is 5.75 Å². The van der Waals surface area contributed by atoms with Crippen molar-refractivity contribution >= 4 is 34.2 Å². The summed E-state index contributed by atoms with van der Waals surface area (Å²) >= 11 is 1.56. The van der Waals surface area contributed by atoms with Crippen LogP contribution in [0.5, 0.6) is 5.75 Å². The minimum Gasteiger partial charge on any atom is -0.507 e. The second kappa shape index (κ2) is 8.78. The molecule has 1 heterocycles. The van der Waals surface area contributed by atoms with E-state index < -0.39 is 0 Å². The van der Waals surface area contributed by atoms with Gasteiger partial charge in [-0.25, -0.2) is 9.79 Å². The number of hydrogen-bond acceptors (Lipinski definition) is 6. The molecule has 1 aliphatic carbocycles. The highest BCUT2D eigenvalue weighted by atomic mass is 32.1. The van der Waals surface area contributed by atoms with Gasteiger partial charge in [-0.1, -0.05) is 6.92 Å². The highest BCUT2D eigenvalue weighted by molar-refractivity contribution is 7.16. The Morgan fingerprint density at radius 3 is 2.79 bits per heavy atom. The predicted octanol–water partition coefficient (Wildman–Crippen LogP) is 4.96. The van der Waals surface area contributed by atoms with E-state index in [0.29, 0.717) is 22.0 Å². The van der Waals surface area contributed by atoms with Crippen molar-refractivity contribution < 1.29 is 14.6 Å². The number of carbonyl (C=O) groups is 1. The van der Waals surface area contributed by atoms with Crippen LogP contribution >= 0.6 is 11.3 Å². The molecule has 3 rings (SSSR count). The second-order valence-corrected chi connectivity index (χ2v) is 8.28. The summed E-state index contributed by atoms with van der Waals surface area (Å²) in [6, 6.07) is 5.60. The lowest BCUT2D eigenvalue weighted by Gasteiger charge is -2.21. The number of aliphatic imine (C=N–C) groups is 1. The van der Waals surface area contributed by atoms with Crippen molar-refractivity contribution in [2.75, 3.05) is 25.1 Å². The maximum absolute atomic E-state index is 12.4. The third kappa shape index (κ3) is 4.07. The smallest absolute Gasteiger partial charge is 0.341 e. The minimum absolute atomic E-state index is 0.183. The number of fused-ring (bicyclic) bond motifs is 1. The van der Waals surface area contributed by atoms with Gasteiger partial charge < -0.3 is 14.7 Å². The number of methoxy groups -OCH3 is 1. The summed E-state index contributed by atoms with van der Waals surface area (Å²) in [4.78, 5) is 20.3. The van der Waals surface area contributed by atoms with E-state index in [0.717, 1.165) is 43.6 Å². The van der Waals surface area contributed by atoms with Gasteiger partial charge >= 0.3 is 5.97 Å². The van der Waals surface area contributed by atoms with Crippen molar-refractivity contribution in [1.82, 2.24) is 0 Å². The monoisotopic (exact) mass is 400 g/mol. The molecule has 0 spiro atoms. The van der Waals surface area contributed by atoms with E-state index in [-0.39, 0.29) is 11.7 Å². The van der Waals surface area contributed by atoms with Gasteiger partial charge in [-0.05, 0) is 56.7 Å². The van der Waals surface area contributed by atoms with Gasteiger partial charge in [0.05, 0.1) is 12.7 Å². The largest absolute Gasteiger partial charge is 0.507 e. The van der Waals surface area contributed by atoms with Crippen molar-refractivity contribution in [3.63, 3.8) is 0 Å². The van der Waals surface area contributed by atoms with Gasteiger partial charge in [-0.15, -0.1) is 11.3 Å². The third-order valence-corrected chi connectivity index (χ3v) is 6.51. The number of phenolic OH excluding ortho intramolecular Hbond substituents is 1. The average molecular weight is 401 g/mol. The minimum atomic E-state index is -0.333. The zero-order valence-electron chi connectivity index (χ0n) is 17.0.